The van der Waals surface area contributed by atoms with Crippen LogP contribution in [-0.4, -0.2) is 68.5 Å². The highest BCUT2D eigenvalue weighted by molar-refractivity contribution is 7.45. The molecule has 0 bridgehead atoms. The van der Waals surface area contributed by atoms with E-state index in [4.69, 9.17) is 9.05 Å². The van der Waals surface area contributed by atoms with Crippen molar-refractivity contribution in [3.8, 4) is 0 Å². The summed E-state index contributed by atoms with van der Waals surface area (Å²) >= 11 is 0. The maximum absolute atomic E-state index is 12.8. The van der Waals surface area contributed by atoms with Gasteiger partial charge in [0.1, 0.15) is 13.2 Å². The molecule has 0 aromatic carbocycles. The normalized spacial score (nSPS) is 15.1. The predicted octanol–water partition coefficient (Wildman–Crippen LogP) is 10.8. The van der Waals surface area contributed by atoms with Gasteiger partial charge in [-0.25, -0.2) is 0 Å². The molecular weight excluding hydrogens is 683 g/mol. The van der Waals surface area contributed by atoms with E-state index in [9.17, 15) is 19.4 Å². The van der Waals surface area contributed by atoms with Gasteiger partial charge < -0.3 is 28.8 Å². The van der Waals surface area contributed by atoms with Crippen LogP contribution in [0.1, 0.15) is 162 Å². The fourth-order valence-electron chi connectivity index (χ4n) is 5.53. The number of allylic oxidation sites excluding steroid dienone is 9. The minimum absolute atomic E-state index is 0.0121. The van der Waals surface area contributed by atoms with Crippen molar-refractivity contribution in [2.75, 3.05) is 40.9 Å². The van der Waals surface area contributed by atoms with Crippen molar-refractivity contribution in [1.82, 2.24) is 5.32 Å². The number of hydrogen-bond acceptors (Lipinski definition) is 6. The zero-order chi connectivity index (χ0) is 39.3. The van der Waals surface area contributed by atoms with Gasteiger partial charge >= 0.3 is 0 Å². The summed E-state index contributed by atoms with van der Waals surface area (Å²) < 4.78 is 23.1. The van der Waals surface area contributed by atoms with Gasteiger partial charge in [0.25, 0.3) is 7.82 Å². The summed E-state index contributed by atoms with van der Waals surface area (Å²) in [5.41, 5.74) is 0. The summed E-state index contributed by atoms with van der Waals surface area (Å²) in [5.74, 6) is -0.225. The maximum Gasteiger partial charge on any atom is 0.268 e. The second kappa shape index (κ2) is 35.9. The van der Waals surface area contributed by atoms with Crippen molar-refractivity contribution in [2.45, 2.75) is 174 Å². The lowest BCUT2D eigenvalue weighted by Crippen LogP contribution is -2.45. The van der Waals surface area contributed by atoms with E-state index < -0.39 is 26.6 Å². The summed E-state index contributed by atoms with van der Waals surface area (Å²) in [6, 6.07) is -0.910. The summed E-state index contributed by atoms with van der Waals surface area (Å²) in [5, 5.41) is 13.7. The topological polar surface area (TPSA) is 108 Å². The first-order chi connectivity index (χ1) is 25.5. The number of phosphoric acid groups is 1. The van der Waals surface area contributed by atoms with Crippen molar-refractivity contribution < 1.29 is 32.9 Å². The van der Waals surface area contributed by atoms with E-state index in [0.717, 1.165) is 64.2 Å². The fraction of sp³-hybridized carbons (Fsp3) is 0.750. The molecule has 0 spiro atoms. The van der Waals surface area contributed by atoms with Gasteiger partial charge in [-0.05, 0) is 70.6 Å². The van der Waals surface area contributed by atoms with E-state index in [1.54, 1.807) is 6.08 Å². The van der Waals surface area contributed by atoms with Crippen LogP contribution in [0.2, 0.25) is 0 Å². The molecule has 53 heavy (non-hydrogen) atoms. The van der Waals surface area contributed by atoms with Crippen LogP contribution in [0.15, 0.2) is 60.8 Å². The first-order valence-electron chi connectivity index (χ1n) is 21.2. The average Bonchev–Trinajstić information content (AvgIpc) is 3.10. The Morgan fingerprint density at radius 2 is 1.11 bits per heavy atom. The minimum atomic E-state index is -4.59. The largest absolute Gasteiger partial charge is 0.756 e. The van der Waals surface area contributed by atoms with Gasteiger partial charge in [0.2, 0.25) is 5.91 Å². The Hall–Kier alpha value is -1.80. The molecule has 0 aliphatic carbocycles. The van der Waals surface area contributed by atoms with Gasteiger partial charge in [-0.3, -0.25) is 9.36 Å². The molecule has 0 aromatic heterocycles. The summed E-state index contributed by atoms with van der Waals surface area (Å²) in [6.45, 7) is 4.54. The number of unbranched alkanes of at least 4 members (excludes halogenated alkanes) is 16. The number of rotatable bonds is 37. The quantitative estimate of drug-likeness (QED) is 0.0282. The Balaban J connectivity index is 4.42. The third-order valence-corrected chi connectivity index (χ3v) is 9.91. The van der Waals surface area contributed by atoms with Crippen LogP contribution in [0.25, 0.3) is 0 Å². The van der Waals surface area contributed by atoms with Crippen molar-refractivity contribution in [3.05, 3.63) is 60.8 Å². The number of nitrogens with zero attached hydrogens (tertiary/aromatic N) is 1. The monoisotopic (exact) mass is 765 g/mol. The number of carbonyl (C=O) groups excluding carboxylic acids is 1. The summed E-state index contributed by atoms with van der Waals surface area (Å²) in [6.07, 6.45) is 45.6. The molecule has 0 rings (SSSR count). The molecule has 0 aliphatic rings. The third-order valence-electron chi connectivity index (χ3n) is 8.95. The Morgan fingerprint density at radius 1 is 0.660 bits per heavy atom. The van der Waals surface area contributed by atoms with Crippen molar-refractivity contribution in [2.24, 2.45) is 0 Å². The van der Waals surface area contributed by atoms with Crippen LogP contribution in [0.5, 0.6) is 0 Å². The first-order valence-corrected chi connectivity index (χ1v) is 22.6. The Kier molecular flexibility index (Phi) is 34.7. The molecule has 0 heterocycles. The predicted molar refractivity (Wildman–Crippen MR) is 224 cm³/mol. The highest BCUT2D eigenvalue weighted by Crippen LogP contribution is 2.38. The van der Waals surface area contributed by atoms with E-state index in [2.05, 4.69) is 67.8 Å². The lowest BCUT2D eigenvalue weighted by atomic mass is 10.1. The Morgan fingerprint density at radius 3 is 1.68 bits per heavy atom. The van der Waals surface area contributed by atoms with Crippen LogP contribution in [0.4, 0.5) is 0 Å². The zero-order valence-corrected chi connectivity index (χ0v) is 35.6. The van der Waals surface area contributed by atoms with Gasteiger partial charge in [-0.1, -0.05) is 145 Å². The SMILES string of the molecule is CCCCCC/C=C/CC/C=C/C(O)C(COP(=O)([O-])OCC[N+](C)(C)C)NC(=O)CCCCCCCC/C=C\C/C=C\C/C=C\CCCCCCC. The molecule has 0 radical (unpaired) electrons. The maximum atomic E-state index is 12.8. The molecule has 1 amide bonds. The molecule has 8 nitrogen and oxygen atoms in total. The van der Waals surface area contributed by atoms with Gasteiger partial charge in [0, 0.05) is 6.42 Å². The number of aliphatic hydroxyl groups excluding tert-OH is 1. The lowest BCUT2D eigenvalue weighted by Gasteiger charge is -2.29. The van der Waals surface area contributed by atoms with E-state index >= 15 is 0 Å². The molecule has 308 valence electrons. The smallest absolute Gasteiger partial charge is 0.268 e. The van der Waals surface area contributed by atoms with E-state index in [-0.39, 0.29) is 12.5 Å². The molecule has 0 saturated carbocycles. The number of likely N-dealkylation sites (N-methyl/N-ethyl adjacent to an activating group) is 1. The highest BCUT2D eigenvalue weighted by atomic mass is 31.2. The van der Waals surface area contributed by atoms with Crippen molar-refractivity contribution >= 4 is 13.7 Å². The van der Waals surface area contributed by atoms with Crippen LogP contribution < -0.4 is 10.2 Å². The lowest BCUT2D eigenvalue weighted by molar-refractivity contribution is -0.870. The second-order valence-corrected chi connectivity index (χ2v) is 16.7. The number of nitrogens with one attached hydrogen (secondary N) is 1. The average molecular weight is 765 g/mol. The molecule has 3 unspecified atom stereocenters. The summed E-state index contributed by atoms with van der Waals surface area (Å²) in [7, 11) is 1.22. The third kappa shape index (κ3) is 38.3. The van der Waals surface area contributed by atoms with Gasteiger partial charge in [0.15, 0.2) is 0 Å². The van der Waals surface area contributed by atoms with Crippen molar-refractivity contribution in [3.63, 3.8) is 0 Å². The van der Waals surface area contributed by atoms with Crippen LogP contribution in [0, 0.1) is 0 Å². The Bertz CT molecular complexity index is 1050. The van der Waals surface area contributed by atoms with Crippen LogP contribution in [0.3, 0.4) is 0 Å². The van der Waals surface area contributed by atoms with E-state index in [1.165, 1.54) is 77.0 Å². The van der Waals surface area contributed by atoms with Crippen LogP contribution in [-0.2, 0) is 18.4 Å². The van der Waals surface area contributed by atoms with Crippen molar-refractivity contribution in [1.29, 1.82) is 0 Å². The van der Waals surface area contributed by atoms with Gasteiger partial charge in [-0.15, -0.1) is 0 Å². The molecule has 0 saturated heterocycles. The fourth-order valence-corrected chi connectivity index (χ4v) is 6.25. The van der Waals surface area contributed by atoms with E-state index in [1.807, 2.05) is 27.2 Å². The number of quaternary nitrogens is 1. The number of phosphoric ester groups is 1. The summed E-state index contributed by atoms with van der Waals surface area (Å²) in [4.78, 5) is 25.2. The molecule has 0 fully saturated rings. The number of carbonyl (C=O) groups is 1. The first kappa shape index (κ1) is 51.2. The molecule has 3 atom stereocenters. The molecule has 9 heteroatoms. The van der Waals surface area contributed by atoms with E-state index in [0.29, 0.717) is 17.4 Å². The molecule has 2 N–H and O–H groups in total. The van der Waals surface area contributed by atoms with Gasteiger partial charge in [-0.2, -0.15) is 0 Å². The number of amides is 1. The Labute approximate surface area is 326 Å². The molecule has 0 aromatic rings. The molecular formula is C44H81N2O6P. The standard InChI is InChI=1S/C44H81N2O6P/c1-6-8-10-12-14-16-18-19-20-21-22-23-24-25-26-27-28-30-32-34-36-38-44(48)45-42(41-52-53(49,50)51-40-39-46(3,4)5)43(47)37-35-33-31-29-17-15-13-11-9-7-2/h17-19,21-22,24-25,29,35,37,42-43,47H,6-16,20,23,26-28,30-34,36,38-41H2,1-5H3,(H-,45,48,49,50)/b19-18-,22-21-,25-24-,29-17+,37-35+. The zero-order valence-electron chi connectivity index (χ0n) is 34.7. The minimum Gasteiger partial charge on any atom is -0.756 e. The highest BCUT2D eigenvalue weighted by Gasteiger charge is 2.23. The number of hydrogen-bond donors (Lipinski definition) is 2. The number of aliphatic hydroxyl groups is 1. The second-order valence-electron chi connectivity index (χ2n) is 15.3. The van der Waals surface area contributed by atoms with Gasteiger partial charge in [0.05, 0.1) is 39.9 Å². The molecule has 0 aliphatic heterocycles. The van der Waals surface area contributed by atoms with Crippen LogP contribution >= 0.6 is 7.82 Å².